The Morgan fingerprint density at radius 1 is 0.750 bits per heavy atom. The quantitative estimate of drug-likeness (QED) is 0.400. The second-order valence-electron chi connectivity index (χ2n) is 6.59. The van der Waals surface area contributed by atoms with Crippen molar-refractivity contribution in [1.82, 2.24) is 0 Å². The minimum absolute atomic E-state index is 0.759. The molecule has 20 heavy (non-hydrogen) atoms. The first-order valence-electron chi connectivity index (χ1n) is 8.80. The number of rotatable bonds is 11. The van der Waals surface area contributed by atoms with E-state index >= 15 is 0 Å². The van der Waals surface area contributed by atoms with Gasteiger partial charge >= 0.3 is 0 Å². The van der Waals surface area contributed by atoms with Gasteiger partial charge in [-0.15, -0.1) is 0 Å². The molecule has 0 radical (unpaired) electrons. The van der Waals surface area contributed by atoms with E-state index in [1.807, 2.05) is 0 Å². The van der Waals surface area contributed by atoms with Crippen LogP contribution < -0.4 is 0 Å². The smallest absolute Gasteiger partial charge is 0.0253 e. The summed E-state index contributed by atoms with van der Waals surface area (Å²) in [5, 5.41) is 0. The van der Waals surface area contributed by atoms with E-state index < -0.39 is 0 Å². The fourth-order valence-electron chi connectivity index (χ4n) is 2.89. The Morgan fingerprint density at radius 3 is 1.90 bits per heavy atom. The molecule has 1 aromatic carbocycles. The van der Waals surface area contributed by atoms with Gasteiger partial charge in [-0.3, -0.25) is 0 Å². The Hall–Kier alpha value is -0.780. The molecule has 0 bridgehead atoms. The third-order valence-electron chi connectivity index (χ3n) is 4.05. The highest BCUT2D eigenvalue weighted by Crippen LogP contribution is 2.17. The highest BCUT2D eigenvalue weighted by molar-refractivity contribution is 5.27. The molecule has 1 rings (SSSR count). The molecular weight excluding hydrogens is 240 g/mol. The molecule has 1 aromatic rings. The summed E-state index contributed by atoms with van der Waals surface area (Å²) in [6, 6.07) is 9.04. The molecule has 0 saturated carbocycles. The number of hydrogen-bond acceptors (Lipinski definition) is 0. The lowest BCUT2D eigenvalue weighted by atomic mass is 9.94. The Kier molecular flexibility index (Phi) is 9.45. The van der Waals surface area contributed by atoms with Crippen LogP contribution in [0.15, 0.2) is 24.3 Å². The molecular formula is C20H34. The van der Waals surface area contributed by atoms with Crippen molar-refractivity contribution in [3.05, 3.63) is 35.4 Å². The van der Waals surface area contributed by atoms with Crippen molar-refractivity contribution in [2.75, 3.05) is 0 Å². The lowest BCUT2D eigenvalue weighted by Crippen LogP contribution is -1.99. The van der Waals surface area contributed by atoms with Gasteiger partial charge in [0.05, 0.1) is 0 Å². The Bertz CT molecular complexity index is 338. The van der Waals surface area contributed by atoms with E-state index in [9.17, 15) is 0 Å². The fourth-order valence-corrected chi connectivity index (χ4v) is 2.89. The number of unbranched alkanes of at least 4 members (excludes halogenated alkanes) is 7. The maximum absolute atomic E-state index is 2.33. The lowest BCUT2D eigenvalue weighted by molar-refractivity contribution is 0.573. The summed E-state index contributed by atoms with van der Waals surface area (Å²) in [5.74, 6) is 0.759. The van der Waals surface area contributed by atoms with Crippen molar-refractivity contribution in [2.45, 2.75) is 85.0 Å². The number of benzene rings is 1. The summed E-state index contributed by atoms with van der Waals surface area (Å²) < 4.78 is 0. The van der Waals surface area contributed by atoms with Crippen molar-refractivity contribution in [3.63, 3.8) is 0 Å². The van der Waals surface area contributed by atoms with Crippen molar-refractivity contribution in [3.8, 4) is 0 Å². The summed E-state index contributed by atoms with van der Waals surface area (Å²) in [4.78, 5) is 0. The van der Waals surface area contributed by atoms with Gasteiger partial charge in [-0.1, -0.05) is 90.0 Å². The third-order valence-corrected chi connectivity index (χ3v) is 4.05. The molecule has 0 atom stereocenters. The van der Waals surface area contributed by atoms with Gasteiger partial charge in [0.2, 0.25) is 0 Å². The Morgan fingerprint density at radius 2 is 1.30 bits per heavy atom. The van der Waals surface area contributed by atoms with Gasteiger partial charge in [0.25, 0.3) is 0 Å². The van der Waals surface area contributed by atoms with Crippen LogP contribution in [-0.2, 0) is 12.8 Å². The fraction of sp³-hybridized carbons (Fsp3) is 0.700. The van der Waals surface area contributed by atoms with E-state index in [2.05, 4.69) is 45.0 Å². The molecule has 0 fully saturated rings. The molecule has 0 aliphatic rings. The van der Waals surface area contributed by atoms with Crippen LogP contribution in [-0.4, -0.2) is 0 Å². The van der Waals surface area contributed by atoms with Gasteiger partial charge < -0.3 is 0 Å². The Balaban J connectivity index is 2.18. The summed E-state index contributed by atoms with van der Waals surface area (Å²) in [6.07, 6.45) is 13.8. The average Bonchev–Trinajstić information content (AvgIpc) is 2.43. The number of aryl methyl sites for hydroxylation is 1. The first-order valence-corrected chi connectivity index (χ1v) is 8.80. The molecule has 0 unspecified atom stereocenters. The van der Waals surface area contributed by atoms with E-state index in [0.29, 0.717) is 0 Å². The maximum Gasteiger partial charge on any atom is -0.0253 e. The SMILES string of the molecule is CCCCCCCCCCc1ccccc1CC(C)C. The highest BCUT2D eigenvalue weighted by atomic mass is 14.1. The zero-order valence-corrected chi connectivity index (χ0v) is 14.0. The van der Waals surface area contributed by atoms with Crippen LogP contribution in [0.5, 0.6) is 0 Å². The Labute approximate surface area is 127 Å². The predicted octanol–water partition coefficient (Wildman–Crippen LogP) is 6.57. The van der Waals surface area contributed by atoms with E-state index in [4.69, 9.17) is 0 Å². The van der Waals surface area contributed by atoms with Crippen LogP contribution in [0, 0.1) is 5.92 Å². The molecule has 0 N–H and O–H groups in total. The second-order valence-corrected chi connectivity index (χ2v) is 6.59. The zero-order chi connectivity index (χ0) is 14.6. The van der Waals surface area contributed by atoms with Crippen LogP contribution in [0.3, 0.4) is 0 Å². The average molecular weight is 274 g/mol. The van der Waals surface area contributed by atoms with Gasteiger partial charge in [0.1, 0.15) is 0 Å². The molecule has 0 heterocycles. The minimum atomic E-state index is 0.759. The number of hydrogen-bond donors (Lipinski definition) is 0. The zero-order valence-electron chi connectivity index (χ0n) is 14.0. The molecule has 0 amide bonds. The maximum atomic E-state index is 2.33. The van der Waals surface area contributed by atoms with Crippen molar-refractivity contribution in [1.29, 1.82) is 0 Å². The normalized spacial score (nSPS) is 11.2. The van der Waals surface area contributed by atoms with Crippen molar-refractivity contribution < 1.29 is 0 Å². The van der Waals surface area contributed by atoms with Gasteiger partial charge in [-0.2, -0.15) is 0 Å². The summed E-state index contributed by atoms with van der Waals surface area (Å²) in [6.45, 7) is 6.91. The molecule has 0 aromatic heterocycles. The van der Waals surface area contributed by atoms with Gasteiger partial charge in [-0.05, 0) is 36.3 Å². The van der Waals surface area contributed by atoms with Crippen LogP contribution in [0.4, 0.5) is 0 Å². The van der Waals surface area contributed by atoms with E-state index in [0.717, 1.165) is 5.92 Å². The molecule has 0 nitrogen and oxygen atoms in total. The molecule has 114 valence electrons. The van der Waals surface area contributed by atoms with Gasteiger partial charge in [0.15, 0.2) is 0 Å². The first kappa shape index (κ1) is 17.3. The molecule has 0 heteroatoms. The molecule has 0 saturated heterocycles. The van der Waals surface area contributed by atoms with Gasteiger partial charge in [-0.25, -0.2) is 0 Å². The largest absolute Gasteiger partial charge is 0.0654 e. The highest BCUT2D eigenvalue weighted by Gasteiger charge is 2.03. The van der Waals surface area contributed by atoms with Crippen LogP contribution in [0.1, 0.15) is 83.3 Å². The van der Waals surface area contributed by atoms with Crippen LogP contribution in [0.25, 0.3) is 0 Å². The van der Waals surface area contributed by atoms with E-state index in [-0.39, 0.29) is 0 Å². The van der Waals surface area contributed by atoms with E-state index in [1.165, 1.54) is 64.2 Å². The second kappa shape index (κ2) is 10.9. The van der Waals surface area contributed by atoms with Crippen molar-refractivity contribution >= 4 is 0 Å². The summed E-state index contributed by atoms with van der Waals surface area (Å²) in [5.41, 5.74) is 3.16. The monoisotopic (exact) mass is 274 g/mol. The first-order chi connectivity index (χ1) is 9.74. The standard InChI is InChI=1S/C20H34/c1-4-5-6-7-8-9-10-11-14-19-15-12-13-16-20(19)17-18(2)3/h12-13,15-16,18H,4-11,14,17H2,1-3H3. The van der Waals surface area contributed by atoms with Crippen LogP contribution in [0.2, 0.25) is 0 Å². The lowest BCUT2D eigenvalue weighted by Gasteiger charge is -2.11. The molecule has 0 aliphatic heterocycles. The van der Waals surface area contributed by atoms with E-state index in [1.54, 1.807) is 11.1 Å². The van der Waals surface area contributed by atoms with Crippen molar-refractivity contribution in [2.24, 2.45) is 5.92 Å². The predicted molar refractivity (Wildman–Crippen MR) is 91.3 cm³/mol. The topological polar surface area (TPSA) is 0 Å². The minimum Gasteiger partial charge on any atom is -0.0654 e. The molecule has 0 aliphatic carbocycles. The van der Waals surface area contributed by atoms with Crippen LogP contribution >= 0.6 is 0 Å². The van der Waals surface area contributed by atoms with Gasteiger partial charge in [0, 0.05) is 0 Å². The summed E-state index contributed by atoms with van der Waals surface area (Å²) >= 11 is 0. The summed E-state index contributed by atoms with van der Waals surface area (Å²) in [7, 11) is 0. The molecule has 0 spiro atoms. The third kappa shape index (κ3) is 7.72.